The van der Waals surface area contributed by atoms with Crippen LogP contribution in [-0.4, -0.2) is 14.4 Å². The summed E-state index contributed by atoms with van der Waals surface area (Å²) >= 11 is 0. The standard InChI is InChI=1S/C22H34OSi.C6H5OP/c1-6-7-15-24(4,5)23-22-16-18(2)19(3)21(17-22)14-13-20-11-9-8-10-12-20;7-8-6-4-2-1-3-5-6/h8-12,14,18,22H,3,6-7,13,15-17H2,1-2,4-5H3;1-5H/b21-14-;/t18-,22+;/m0./s1. The van der Waals surface area contributed by atoms with Crippen molar-refractivity contribution >= 4 is 22.1 Å². The first-order chi connectivity index (χ1) is 15.3. The Balaban J connectivity index is 0.000000380. The molecule has 0 amide bonds. The highest BCUT2D eigenvalue weighted by Crippen LogP contribution is 2.36. The van der Waals surface area contributed by atoms with Gasteiger partial charge in [-0.15, -0.1) is 0 Å². The lowest BCUT2D eigenvalue weighted by molar-refractivity contribution is 0.157. The van der Waals surface area contributed by atoms with E-state index in [0.29, 0.717) is 12.0 Å². The van der Waals surface area contributed by atoms with Gasteiger partial charge < -0.3 is 4.43 Å². The maximum atomic E-state index is 10.1. The van der Waals surface area contributed by atoms with E-state index in [9.17, 15) is 4.57 Å². The Morgan fingerprint density at radius 1 is 1.09 bits per heavy atom. The monoisotopic (exact) mass is 466 g/mol. The fourth-order valence-electron chi connectivity index (χ4n) is 4.07. The minimum absolute atomic E-state index is 0.0994. The Morgan fingerprint density at radius 2 is 1.72 bits per heavy atom. The summed E-state index contributed by atoms with van der Waals surface area (Å²) in [4.78, 5) is 0. The lowest BCUT2D eigenvalue weighted by atomic mass is 9.80. The Morgan fingerprint density at radius 3 is 2.28 bits per heavy atom. The fraction of sp³-hybridized carbons (Fsp3) is 0.429. The molecule has 0 unspecified atom stereocenters. The van der Waals surface area contributed by atoms with Crippen molar-refractivity contribution in [2.75, 3.05) is 0 Å². The molecule has 32 heavy (non-hydrogen) atoms. The number of unbranched alkanes of at least 4 members (excludes halogenated alkanes) is 1. The van der Waals surface area contributed by atoms with Gasteiger partial charge in [-0.3, -0.25) is 4.57 Å². The van der Waals surface area contributed by atoms with Crippen LogP contribution in [0.25, 0.3) is 0 Å². The molecular weight excluding hydrogens is 427 g/mol. The second-order valence-electron chi connectivity index (χ2n) is 9.32. The fourth-order valence-corrected chi connectivity index (χ4v) is 6.77. The van der Waals surface area contributed by atoms with Gasteiger partial charge in [0, 0.05) is 11.4 Å². The largest absolute Gasteiger partial charge is 0.414 e. The molecule has 1 aliphatic carbocycles. The van der Waals surface area contributed by atoms with Gasteiger partial charge in [-0.25, -0.2) is 0 Å². The van der Waals surface area contributed by atoms with E-state index in [4.69, 9.17) is 4.43 Å². The van der Waals surface area contributed by atoms with Crippen LogP contribution in [0.1, 0.15) is 45.1 Å². The Labute approximate surface area is 198 Å². The van der Waals surface area contributed by atoms with E-state index in [1.54, 1.807) is 0 Å². The van der Waals surface area contributed by atoms with Crippen molar-refractivity contribution in [1.29, 1.82) is 0 Å². The van der Waals surface area contributed by atoms with Crippen molar-refractivity contribution in [3.63, 3.8) is 0 Å². The SMILES string of the molecule is C=C1/C(=C\Cc2ccccc2)C[C@H](O[Si](C)(C)CCCC)C[C@@H]1C.O=Pc1ccccc1. The van der Waals surface area contributed by atoms with Crippen LogP contribution in [0.4, 0.5) is 0 Å². The van der Waals surface area contributed by atoms with Crippen LogP contribution in [0, 0.1) is 5.92 Å². The van der Waals surface area contributed by atoms with Gasteiger partial charge in [0.15, 0.2) is 16.8 Å². The minimum atomic E-state index is -1.54. The van der Waals surface area contributed by atoms with E-state index in [1.807, 2.05) is 30.3 Å². The van der Waals surface area contributed by atoms with Gasteiger partial charge in [0.05, 0.1) is 0 Å². The second-order valence-corrected chi connectivity index (χ2v) is 14.3. The summed E-state index contributed by atoms with van der Waals surface area (Å²) in [7, 11) is -1.44. The van der Waals surface area contributed by atoms with Gasteiger partial charge in [-0.05, 0) is 73.2 Å². The summed E-state index contributed by atoms with van der Waals surface area (Å²) in [5, 5.41) is 0.826. The topological polar surface area (TPSA) is 26.3 Å². The van der Waals surface area contributed by atoms with E-state index >= 15 is 0 Å². The third-order valence-corrected chi connectivity index (χ3v) is 9.02. The third-order valence-electron chi connectivity index (χ3n) is 5.98. The Bertz CT molecular complexity index is 862. The molecule has 2 nitrogen and oxygen atoms in total. The predicted molar refractivity (Wildman–Crippen MR) is 142 cm³/mol. The van der Waals surface area contributed by atoms with Gasteiger partial charge in [-0.2, -0.15) is 0 Å². The van der Waals surface area contributed by atoms with Crippen LogP contribution in [0.2, 0.25) is 19.1 Å². The molecule has 1 saturated carbocycles. The molecule has 2 aromatic carbocycles. The molecule has 1 aliphatic rings. The highest BCUT2D eigenvalue weighted by Gasteiger charge is 2.31. The van der Waals surface area contributed by atoms with Crippen molar-refractivity contribution in [3.8, 4) is 0 Å². The lowest BCUT2D eigenvalue weighted by Crippen LogP contribution is -2.38. The van der Waals surface area contributed by atoms with Gasteiger partial charge >= 0.3 is 0 Å². The maximum Gasteiger partial charge on any atom is 0.192 e. The molecule has 172 valence electrons. The third kappa shape index (κ3) is 9.36. The molecule has 1 fully saturated rings. The number of rotatable bonds is 8. The van der Waals surface area contributed by atoms with Crippen molar-refractivity contribution in [2.45, 2.75) is 71.2 Å². The molecule has 0 bridgehead atoms. The van der Waals surface area contributed by atoms with Crippen molar-refractivity contribution < 1.29 is 8.99 Å². The molecule has 0 radical (unpaired) electrons. The van der Waals surface area contributed by atoms with E-state index in [-0.39, 0.29) is 8.46 Å². The quantitative estimate of drug-likeness (QED) is 0.290. The lowest BCUT2D eigenvalue weighted by Gasteiger charge is -2.36. The minimum Gasteiger partial charge on any atom is -0.414 e. The van der Waals surface area contributed by atoms with Crippen molar-refractivity contribution in [2.24, 2.45) is 5.92 Å². The molecule has 0 N–H and O–H groups in total. The van der Waals surface area contributed by atoms with Crippen molar-refractivity contribution in [1.82, 2.24) is 0 Å². The first-order valence-electron chi connectivity index (χ1n) is 11.8. The molecule has 3 rings (SSSR count). The molecule has 0 saturated heterocycles. The van der Waals surface area contributed by atoms with Gasteiger partial charge in [-0.1, -0.05) is 87.9 Å². The highest BCUT2D eigenvalue weighted by atomic mass is 31.1. The number of hydrogen-bond donors (Lipinski definition) is 0. The zero-order chi connectivity index (χ0) is 23.4. The Hall–Kier alpha value is -1.80. The predicted octanol–water partition coefficient (Wildman–Crippen LogP) is 8.14. The van der Waals surface area contributed by atoms with Crippen molar-refractivity contribution in [3.05, 3.63) is 90.0 Å². The zero-order valence-corrected chi connectivity index (χ0v) is 22.1. The molecule has 0 heterocycles. The molecule has 2 aromatic rings. The van der Waals surface area contributed by atoms with Gasteiger partial charge in [0.2, 0.25) is 0 Å². The molecule has 2 atom stereocenters. The van der Waals surface area contributed by atoms with E-state index in [0.717, 1.165) is 24.6 Å². The number of hydrogen-bond acceptors (Lipinski definition) is 2. The molecular formula is C28H39O2PSi. The summed E-state index contributed by atoms with van der Waals surface area (Å²) in [6.45, 7) is 13.7. The van der Waals surface area contributed by atoms with Crippen LogP contribution < -0.4 is 5.30 Å². The smallest absolute Gasteiger partial charge is 0.192 e. The van der Waals surface area contributed by atoms with Crippen LogP contribution >= 0.6 is 8.46 Å². The molecule has 0 spiro atoms. The van der Waals surface area contributed by atoms with Crippen LogP contribution in [0.5, 0.6) is 0 Å². The van der Waals surface area contributed by atoms with E-state index in [1.165, 1.54) is 35.6 Å². The summed E-state index contributed by atoms with van der Waals surface area (Å²) in [5.41, 5.74) is 4.10. The molecule has 4 heteroatoms. The Kier molecular flexibility index (Phi) is 11.3. The van der Waals surface area contributed by atoms with E-state index < -0.39 is 8.32 Å². The van der Waals surface area contributed by atoms with E-state index in [2.05, 4.69) is 69.9 Å². The number of allylic oxidation sites excluding steroid dienone is 2. The van der Waals surface area contributed by atoms with Gasteiger partial charge in [0.1, 0.15) is 0 Å². The summed E-state index contributed by atoms with van der Waals surface area (Å²) in [5.74, 6) is 0.529. The van der Waals surface area contributed by atoms with Crippen LogP contribution in [-0.2, 0) is 15.4 Å². The second kappa shape index (κ2) is 13.7. The zero-order valence-electron chi connectivity index (χ0n) is 20.2. The van der Waals surface area contributed by atoms with Crippen LogP contribution in [0.3, 0.4) is 0 Å². The summed E-state index contributed by atoms with van der Waals surface area (Å²) in [6.07, 6.45) is 8.48. The molecule has 0 aliphatic heterocycles. The average molecular weight is 467 g/mol. The summed E-state index contributed by atoms with van der Waals surface area (Å²) in [6, 6.07) is 21.2. The molecule has 0 aromatic heterocycles. The summed E-state index contributed by atoms with van der Waals surface area (Å²) < 4.78 is 16.7. The maximum absolute atomic E-state index is 10.1. The first-order valence-corrected chi connectivity index (χ1v) is 15.8. The first kappa shape index (κ1) is 26.4. The highest BCUT2D eigenvalue weighted by molar-refractivity contribution is 7.34. The van der Waals surface area contributed by atoms with Gasteiger partial charge in [0.25, 0.3) is 0 Å². The average Bonchev–Trinajstić information content (AvgIpc) is 2.80. The van der Waals surface area contributed by atoms with Crippen LogP contribution in [0.15, 0.2) is 84.5 Å². The normalized spacial score (nSPS) is 20.1. The number of benzene rings is 2.